The number of fused-ring (bicyclic) bond motifs is 1. The highest BCUT2D eigenvalue weighted by atomic mass is 35.5. The van der Waals surface area contributed by atoms with Crippen molar-refractivity contribution in [3.8, 4) is 0 Å². The molecular weight excluding hydrogens is 286 g/mol. The first kappa shape index (κ1) is 13.6. The van der Waals surface area contributed by atoms with Gasteiger partial charge >= 0.3 is 0 Å². The summed E-state index contributed by atoms with van der Waals surface area (Å²) in [6, 6.07) is 11.8. The van der Waals surface area contributed by atoms with Gasteiger partial charge in [-0.1, -0.05) is 35.9 Å². The van der Waals surface area contributed by atoms with Crippen LogP contribution in [0.3, 0.4) is 0 Å². The third-order valence-electron chi connectivity index (χ3n) is 3.13. The largest absolute Gasteiger partial charge is 0.370 e. The molecule has 1 aromatic carbocycles. The van der Waals surface area contributed by atoms with Crippen LogP contribution in [0.15, 0.2) is 42.6 Å². The van der Waals surface area contributed by atoms with Crippen LogP contribution in [0.5, 0.6) is 0 Å². The van der Waals surface area contributed by atoms with Gasteiger partial charge in [0, 0.05) is 24.2 Å². The van der Waals surface area contributed by atoms with Gasteiger partial charge in [-0.25, -0.2) is 4.98 Å². The molecule has 0 saturated carbocycles. The van der Waals surface area contributed by atoms with Gasteiger partial charge in [-0.3, -0.25) is 4.98 Å². The molecule has 6 heteroatoms. The van der Waals surface area contributed by atoms with Crippen molar-refractivity contribution in [2.24, 2.45) is 0 Å². The van der Waals surface area contributed by atoms with E-state index in [-0.39, 0.29) is 5.95 Å². The summed E-state index contributed by atoms with van der Waals surface area (Å²) < 4.78 is 0. The minimum absolute atomic E-state index is 0.164. The van der Waals surface area contributed by atoms with Crippen LogP contribution in [0.2, 0.25) is 5.15 Å². The Bertz CT molecular complexity index is 749. The predicted molar refractivity (Wildman–Crippen MR) is 85.4 cm³/mol. The van der Waals surface area contributed by atoms with Crippen LogP contribution in [-0.2, 0) is 6.42 Å². The normalized spacial score (nSPS) is 10.7. The quantitative estimate of drug-likeness (QED) is 0.724. The molecule has 106 valence electrons. The van der Waals surface area contributed by atoms with Crippen LogP contribution in [0.4, 0.5) is 11.8 Å². The Balaban J connectivity index is 1.72. The van der Waals surface area contributed by atoms with Crippen LogP contribution in [0.25, 0.3) is 10.9 Å². The second-order valence-corrected chi connectivity index (χ2v) is 4.99. The Hall–Kier alpha value is -2.40. The van der Waals surface area contributed by atoms with E-state index in [2.05, 4.69) is 38.5 Å². The van der Waals surface area contributed by atoms with Crippen molar-refractivity contribution < 1.29 is 0 Å². The molecule has 3 N–H and O–H groups in total. The van der Waals surface area contributed by atoms with E-state index in [9.17, 15) is 0 Å². The number of nitrogens with one attached hydrogen (secondary N) is 1. The van der Waals surface area contributed by atoms with Gasteiger partial charge in [-0.2, -0.15) is 4.98 Å². The molecule has 0 fully saturated rings. The Morgan fingerprint density at radius 1 is 1.14 bits per heavy atom. The zero-order valence-electron chi connectivity index (χ0n) is 11.3. The van der Waals surface area contributed by atoms with Gasteiger partial charge in [0.05, 0.1) is 5.52 Å². The summed E-state index contributed by atoms with van der Waals surface area (Å²) in [4.78, 5) is 12.3. The second kappa shape index (κ2) is 5.93. The lowest BCUT2D eigenvalue weighted by Gasteiger charge is -2.08. The monoisotopic (exact) mass is 299 g/mol. The molecule has 0 radical (unpaired) electrons. The Morgan fingerprint density at radius 2 is 2.00 bits per heavy atom. The van der Waals surface area contributed by atoms with Crippen molar-refractivity contribution in [2.45, 2.75) is 6.42 Å². The number of rotatable bonds is 4. The Morgan fingerprint density at radius 3 is 2.86 bits per heavy atom. The summed E-state index contributed by atoms with van der Waals surface area (Å²) in [5.41, 5.74) is 7.78. The molecule has 0 saturated heterocycles. The molecular formula is C15H14ClN5. The van der Waals surface area contributed by atoms with Gasteiger partial charge in [0.1, 0.15) is 11.0 Å². The van der Waals surface area contributed by atoms with Gasteiger partial charge in [0.25, 0.3) is 0 Å². The maximum atomic E-state index is 5.84. The second-order valence-electron chi connectivity index (χ2n) is 4.60. The minimum Gasteiger partial charge on any atom is -0.370 e. The number of hydrogen-bond acceptors (Lipinski definition) is 5. The summed E-state index contributed by atoms with van der Waals surface area (Å²) in [5, 5.41) is 4.67. The molecule has 0 aliphatic carbocycles. The number of nitrogens with zero attached hydrogens (tertiary/aromatic N) is 3. The van der Waals surface area contributed by atoms with Crippen molar-refractivity contribution in [1.29, 1.82) is 0 Å². The van der Waals surface area contributed by atoms with Crippen molar-refractivity contribution in [3.63, 3.8) is 0 Å². The average molecular weight is 300 g/mol. The fourth-order valence-electron chi connectivity index (χ4n) is 2.22. The molecule has 2 heterocycles. The van der Waals surface area contributed by atoms with Gasteiger partial charge < -0.3 is 11.1 Å². The van der Waals surface area contributed by atoms with Crippen molar-refractivity contribution in [1.82, 2.24) is 15.0 Å². The van der Waals surface area contributed by atoms with Gasteiger partial charge in [-0.15, -0.1) is 0 Å². The molecule has 0 spiro atoms. The first-order chi connectivity index (χ1) is 10.2. The number of anilines is 2. The molecule has 5 nitrogen and oxygen atoms in total. The van der Waals surface area contributed by atoms with E-state index < -0.39 is 0 Å². The number of pyridine rings is 1. The zero-order chi connectivity index (χ0) is 14.7. The van der Waals surface area contributed by atoms with Crippen LogP contribution in [-0.4, -0.2) is 21.5 Å². The lowest BCUT2D eigenvalue weighted by molar-refractivity contribution is 1.01. The van der Waals surface area contributed by atoms with E-state index in [1.807, 2.05) is 18.3 Å². The molecule has 0 atom stereocenters. The molecule has 0 amide bonds. The summed E-state index contributed by atoms with van der Waals surface area (Å²) in [7, 11) is 0. The molecule has 2 aromatic heterocycles. The van der Waals surface area contributed by atoms with E-state index in [1.54, 1.807) is 6.07 Å². The van der Waals surface area contributed by atoms with E-state index in [0.29, 0.717) is 17.5 Å². The summed E-state index contributed by atoms with van der Waals surface area (Å²) in [6.45, 7) is 0.711. The summed E-state index contributed by atoms with van der Waals surface area (Å²) in [5.74, 6) is 0.789. The van der Waals surface area contributed by atoms with Crippen LogP contribution in [0.1, 0.15) is 5.56 Å². The fourth-order valence-corrected chi connectivity index (χ4v) is 2.41. The number of aromatic nitrogens is 3. The molecule has 0 aliphatic rings. The molecule has 0 unspecified atom stereocenters. The van der Waals surface area contributed by atoms with Crippen molar-refractivity contribution >= 4 is 34.3 Å². The standard InChI is InChI=1S/C15H14ClN5/c16-12-9-13(21-15(17)20-12)18-8-6-11-4-1-3-10-5-2-7-19-14(10)11/h1-5,7,9H,6,8H2,(H3,17,18,20,21). The summed E-state index contributed by atoms with van der Waals surface area (Å²) in [6.07, 6.45) is 2.64. The van der Waals surface area contributed by atoms with Crippen molar-refractivity contribution in [2.75, 3.05) is 17.6 Å². The number of para-hydroxylation sites is 1. The van der Waals surface area contributed by atoms with Crippen LogP contribution in [0, 0.1) is 0 Å². The van der Waals surface area contributed by atoms with Gasteiger partial charge in [-0.05, 0) is 18.1 Å². The highest BCUT2D eigenvalue weighted by molar-refractivity contribution is 6.29. The Labute approximate surface area is 127 Å². The van der Waals surface area contributed by atoms with E-state index in [4.69, 9.17) is 17.3 Å². The number of benzene rings is 1. The minimum atomic E-state index is 0.164. The Kier molecular flexibility index (Phi) is 3.83. The number of halogens is 1. The number of hydrogen-bond donors (Lipinski definition) is 2. The van der Waals surface area contributed by atoms with E-state index in [1.165, 1.54) is 5.56 Å². The highest BCUT2D eigenvalue weighted by Crippen LogP contribution is 2.17. The molecule has 21 heavy (non-hydrogen) atoms. The topological polar surface area (TPSA) is 76.7 Å². The van der Waals surface area contributed by atoms with E-state index >= 15 is 0 Å². The molecule has 3 rings (SSSR count). The van der Waals surface area contributed by atoms with Crippen molar-refractivity contribution in [3.05, 3.63) is 53.3 Å². The SMILES string of the molecule is Nc1nc(Cl)cc(NCCc2cccc3cccnc23)n1. The molecule has 0 bridgehead atoms. The number of nitrogen functional groups attached to an aromatic ring is 1. The third-order valence-corrected chi connectivity index (χ3v) is 3.32. The van der Waals surface area contributed by atoms with Gasteiger partial charge in [0.2, 0.25) is 5.95 Å². The van der Waals surface area contributed by atoms with E-state index in [0.717, 1.165) is 17.3 Å². The lowest BCUT2D eigenvalue weighted by atomic mass is 10.1. The third kappa shape index (κ3) is 3.20. The fraction of sp³-hybridized carbons (Fsp3) is 0.133. The van der Waals surface area contributed by atoms with Crippen LogP contribution >= 0.6 is 11.6 Å². The maximum absolute atomic E-state index is 5.84. The highest BCUT2D eigenvalue weighted by Gasteiger charge is 2.03. The molecule has 0 aliphatic heterocycles. The lowest BCUT2D eigenvalue weighted by Crippen LogP contribution is -2.08. The summed E-state index contributed by atoms with van der Waals surface area (Å²) >= 11 is 5.84. The number of nitrogens with two attached hydrogens (primary N) is 1. The maximum Gasteiger partial charge on any atom is 0.223 e. The first-order valence-corrected chi connectivity index (χ1v) is 6.97. The smallest absolute Gasteiger partial charge is 0.223 e. The molecule has 3 aromatic rings. The van der Waals surface area contributed by atoms with Crippen LogP contribution < -0.4 is 11.1 Å². The predicted octanol–water partition coefficient (Wildman–Crippen LogP) is 2.92. The first-order valence-electron chi connectivity index (χ1n) is 6.59. The van der Waals surface area contributed by atoms with Gasteiger partial charge in [0.15, 0.2) is 0 Å². The average Bonchev–Trinajstić information content (AvgIpc) is 2.46. The zero-order valence-corrected chi connectivity index (χ0v) is 12.0.